The molecule has 7 nitrogen and oxygen atoms in total. The molecule has 3 aromatic rings. The molecule has 2 aromatic carbocycles. The number of carbonyl (C=O) groups is 2. The molecule has 0 aliphatic rings. The summed E-state index contributed by atoms with van der Waals surface area (Å²) in [5, 5.41) is 13.3. The Kier molecular flexibility index (Phi) is 8.70. The Labute approximate surface area is 207 Å². The zero-order chi connectivity index (χ0) is 25.5. The zero-order valence-corrected chi connectivity index (χ0v) is 20.8. The maximum atomic E-state index is 13.5. The molecule has 184 valence electrons. The van der Waals surface area contributed by atoms with Crippen LogP contribution in [-0.2, 0) is 17.9 Å². The third-order valence-electron chi connectivity index (χ3n) is 5.70. The van der Waals surface area contributed by atoms with Gasteiger partial charge in [-0.05, 0) is 61.0 Å². The van der Waals surface area contributed by atoms with E-state index in [0.29, 0.717) is 25.1 Å². The summed E-state index contributed by atoms with van der Waals surface area (Å²) in [4.78, 5) is 41.6. The lowest BCUT2D eigenvalue weighted by Gasteiger charge is -2.28. The lowest BCUT2D eigenvalue weighted by Crippen LogP contribution is -2.42. The molecule has 0 aliphatic carbocycles. The van der Waals surface area contributed by atoms with Crippen LogP contribution in [0.4, 0.5) is 10.1 Å². The SMILES string of the molecule is CCCN(CC(=O)N(Cc1ccc(F)cc1)Cc1sccc1C)C(=O)c1ccc(C)c([N+](=O)[O-])c1. The summed E-state index contributed by atoms with van der Waals surface area (Å²) in [6.07, 6.45) is 0.620. The van der Waals surface area contributed by atoms with Crippen LogP contribution in [0.1, 0.15) is 45.3 Å². The zero-order valence-electron chi connectivity index (χ0n) is 20.0. The molecule has 35 heavy (non-hydrogen) atoms. The first-order valence-electron chi connectivity index (χ1n) is 11.3. The van der Waals surface area contributed by atoms with Crippen LogP contribution in [0.15, 0.2) is 53.9 Å². The third-order valence-corrected chi connectivity index (χ3v) is 6.71. The molecule has 0 radical (unpaired) electrons. The molecular weight excluding hydrogens is 469 g/mol. The van der Waals surface area contributed by atoms with Crippen LogP contribution in [0.5, 0.6) is 0 Å². The van der Waals surface area contributed by atoms with E-state index in [9.17, 15) is 24.1 Å². The van der Waals surface area contributed by atoms with Gasteiger partial charge in [0.15, 0.2) is 0 Å². The van der Waals surface area contributed by atoms with Crippen LogP contribution in [0.3, 0.4) is 0 Å². The molecule has 0 spiro atoms. The van der Waals surface area contributed by atoms with Crippen molar-refractivity contribution in [2.45, 2.75) is 40.3 Å². The summed E-state index contributed by atoms with van der Waals surface area (Å²) in [5.41, 5.74) is 2.34. The Balaban J connectivity index is 1.85. The molecule has 0 aliphatic heterocycles. The van der Waals surface area contributed by atoms with E-state index in [2.05, 4.69) is 0 Å². The fraction of sp³-hybridized carbons (Fsp3) is 0.308. The summed E-state index contributed by atoms with van der Waals surface area (Å²) >= 11 is 1.55. The van der Waals surface area contributed by atoms with Gasteiger partial charge in [0.05, 0.1) is 11.5 Å². The van der Waals surface area contributed by atoms with Crippen molar-refractivity contribution in [3.05, 3.63) is 97.0 Å². The molecule has 0 saturated carbocycles. The number of nitrogens with zero attached hydrogens (tertiary/aromatic N) is 3. The van der Waals surface area contributed by atoms with E-state index in [-0.39, 0.29) is 36.1 Å². The molecule has 0 saturated heterocycles. The number of aryl methyl sites for hydroxylation is 2. The van der Waals surface area contributed by atoms with Gasteiger partial charge in [0.25, 0.3) is 11.6 Å². The van der Waals surface area contributed by atoms with Crippen molar-refractivity contribution in [1.82, 2.24) is 9.80 Å². The van der Waals surface area contributed by atoms with Crippen molar-refractivity contribution in [2.75, 3.05) is 13.1 Å². The Morgan fingerprint density at radius 2 is 1.71 bits per heavy atom. The van der Waals surface area contributed by atoms with Gasteiger partial charge in [-0.3, -0.25) is 19.7 Å². The summed E-state index contributed by atoms with van der Waals surface area (Å²) in [7, 11) is 0. The van der Waals surface area contributed by atoms with E-state index in [1.807, 2.05) is 25.3 Å². The molecule has 0 unspecified atom stereocenters. The minimum absolute atomic E-state index is 0.135. The van der Waals surface area contributed by atoms with Crippen LogP contribution in [0, 0.1) is 29.8 Å². The number of thiophene rings is 1. The van der Waals surface area contributed by atoms with Crippen LogP contribution in [0.2, 0.25) is 0 Å². The van der Waals surface area contributed by atoms with Gasteiger partial charge in [-0.15, -0.1) is 11.3 Å². The van der Waals surface area contributed by atoms with Crippen molar-refractivity contribution in [3.8, 4) is 0 Å². The Morgan fingerprint density at radius 1 is 1.00 bits per heavy atom. The van der Waals surface area contributed by atoms with Crippen LogP contribution >= 0.6 is 11.3 Å². The lowest BCUT2D eigenvalue weighted by molar-refractivity contribution is -0.385. The lowest BCUT2D eigenvalue weighted by atomic mass is 10.1. The molecule has 3 rings (SSSR count). The van der Waals surface area contributed by atoms with Gasteiger partial charge >= 0.3 is 0 Å². The van der Waals surface area contributed by atoms with Crippen molar-refractivity contribution < 1.29 is 18.9 Å². The molecule has 0 atom stereocenters. The predicted octanol–water partition coefficient (Wildman–Crippen LogP) is 5.49. The average molecular weight is 498 g/mol. The number of rotatable bonds is 10. The normalized spacial score (nSPS) is 10.7. The molecule has 9 heteroatoms. The topological polar surface area (TPSA) is 83.8 Å². The van der Waals surface area contributed by atoms with Crippen LogP contribution in [-0.4, -0.2) is 39.6 Å². The highest BCUT2D eigenvalue weighted by atomic mass is 32.1. The van der Waals surface area contributed by atoms with Gasteiger partial charge in [-0.2, -0.15) is 0 Å². The molecule has 2 amide bonds. The second kappa shape index (κ2) is 11.7. The number of amides is 2. The number of hydrogen-bond acceptors (Lipinski definition) is 5. The molecule has 0 fully saturated rings. The quantitative estimate of drug-likeness (QED) is 0.274. The largest absolute Gasteiger partial charge is 0.332 e. The number of benzene rings is 2. The van der Waals surface area contributed by atoms with Gasteiger partial charge in [0.1, 0.15) is 12.4 Å². The number of carbonyl (C=O) groups excluding carboxylic acids is 2. The highest BCUT2D eigenvalue weighted by Crippen LogP contribution is 2.22. The van der Waals surface area contributed by atoms with Crippen molar-refractivity contribution in [3.63, 3.8) is 0 Å². The summed E-state index contributed by atoms with van der Waals surface area (Å²) in [6, 6.07) is 12.3. The van der Waals surface area contributed by atoms with Gasteiger partial charge in [0, 0.05) is 35.2 Å². The van der Waals surface area contributed by atoms with E-state index in [1.54, 1.807) is 41.4 Å². The van der Waals surface area contributed by atoms with E-state index in [0.717, 1.165) is 16.0 Å². The van der Waals surface area contributed by atoms with E-state index in [1.165, 1.54) is 29.2 Å². The van der Waals surface area contributed by atoms with Crippen LogP contribution in [0.25, 0.3) is 0 Å². The first-order valence-corrected chi connectivity index (χ1v) is 12.2. The summed E-state index contributed by atoms with van der Waals surface area (Å²) in [6.45, 7) is 6.27. The second-order valence-electron chi connectivity index (χ2n) is 8.39. The van der Waals surface area contributed by atoms with Gasteiger partial charge in [-0.1, -0.05) is 25.1 Å². The standard InChI is InChI=1S/C26H28FN3O4S/c1-4-12-28(26(32)21-8-5-18(2)23(14-21)30(33)34)17-25(31)29(16-24-19(3)11-13-35-24)15-20-6-9-22(27)10-7-20/h5-11,13-14H,4,12,15-17H2,1-3H3. The number of nitro benzene ring substituents is 1. The Morgan fingerprint density at radius 3 is 2.31 bits per heavy atom. The van der Waals surface area contributed by atoms with Crippen LogP contribution < -0.4 is 0 Å². The average Bonchev–Trinajstić information content (AvgIpc) is 3.23. The van der Waals surface area contributed by atoms with Gasteiger partial charge in [-0.25, -0.2) is 4.39 Å². The maximum Gasteiger partial charge on any atom is 0.273 e. The summed E-state index contributed by atoms with van der Waals surface area (Å²) < 4.78 is 13.4. The van der Waals surface area contributed by atoms with E-state index in [4.69, 9.17) is 0 Å². The highest BCUT2D eigenvalue weighted by molar-refractivity contribution is 7.10. The molecular formula is C26H28FN3O4S. The molecule has 0 bridgehead atoms. The fourth-order valence-electron chi connectivity index (χ4n) is 3.69. The monoisotopic (exact) mass is 497 g/mol. The minimum atomic E-state index is -0.519. The van der Waals surface area contributed by atoms with Crippen molar-refractivity contribution >= 4 is 28.8 Å². The predicted molar refractivity (Wildman–Crippen MR) is 134 cm³/mol. The smallest absolute Gasteiger partial charge is 0.273 e. The van der Waals surface area contributed by atoms with Crippen molar-refractivity contribution in [2.24, 2.45) is 0 Å². The highest BCUT2D eigenvalue weighted by Gasteiger charge is 2.24. The minimum Gasteiger partial charge on any atom is -0.332 e. The third kappa shape index (κ3) is 6.73. The summed E-state index contributed by atoms with van der Waals surface area (Å²) in [5.74, 6) is -1.05. The van der Waals surface area contributed by atoms with Gasteiger partial charge < -0.3 is 9.80 Å². The van der Waals surface area contributed by atoms with E-state index < -0.39 is 10.8 Å². The maximum absolute atomic E-state index is 13.5. The fourth-order valence-corrected chi connectivity index (χ4v) is 4.61. The molecule has 1 heterocycles. The van der Waals surface area contributed by atoms with Gasteiger partial charge in [0.2, 0.25) is 5.91 Å². The molecule has 0 N–H and O–H groups in total. The molecule has 1 aromatic heterocycles. The first kappa shape index (κ1) is 26.0. The number of halogens is 1. The van der Waals surface area contributed by atoms with Crippen molar-refractivity contribution in [1.29, 1.82) is 0 Å². The van der Waals surface area contributed by atoms with E-state index >= 15 is 0 Å². The first-order chi connectivity index (χ1) is 16.7. The Hall–Kier alpha value is -3.59. The second-order valence-corrected chi connectivity index (χ2v) is 9.39. The number of hydrogen-bond donors (Lipinski definition) is 0. The Bertz CT molecular complexity index is 1210. The number of nitro groups is 1.